The first-order chi connectivity index (χ1) is 6.52. The summed E-state index contributed by atoms with van der Waals surface area (Å²) in [6.45, 7) is 0. The smallest absolute Gasteiger partial charge is 0.390 e. The maximum atomic E-state index is 9.91. The Hall–Kier alpha value is -2.50. The summed E-state index contributed by atoms with van der Waals surface area (Å²) < 4.78 is 0. The Labute approximate surface area is 74.2 Å². The van der Waals surface area contributed by atoms with E-state index < -0.39 is 21.8 Å². The number of nitro groups is 2. The molecule has 0 amide bonds. The molecule has 2 N–H and O–H groups in total. The molecule has 0 aliphatic rings. The summed E-state index contributed by atoms with van der Waals surface area (Å²) in [5, 5.41) is 34.7. The molecule has 12 heteroatoms. The fourth-order valence-corrected chi connectivity index (χ4v) is 0.280. The molecular weight excluding hydrogens is 204 g/mol. The molecule has 0 aliphatic carbocycles. The highest BCUT2D eigenvalue weighted by molar-refractivity contribution is 5.74. The molecular formula is C2H2N6O6. The molecule has 0 aromatic rings. The van der Waals surface area contributed by atoms with E-state index in [1.807, 2.05) is 5.18 Å². The molecule has 14 heavy (non-hydrogen) atoms. The van der Waals surface area contributed by atoms with E-state index in [2.05, 4.69) is 10.2 Å². The number of nitrogens with zero attached hydrogens (tertiary/aromatic N) is 5. The normalized spacial score (nSPS) is 12.1. The van der Waals surface area contributed by atoms with Gasteiger partial charge in [-0.1, -0.05) is 4.91 Å². The van der Waals surface area contributed by atoms with Crippen LogP contribution >= 0.6 is 0 Å². The quantitative estimate of drug-likeness (QED) is 0.180. The third kappa shape index (κ3) is 3.26. The second kappa shape index (κ2) is 5.20. The van der Waals surface area contributed by atoms with Crippen LogP contribution in [0.2, 0.25) is 0 Å². The first-order valence-electron chi connectivity index (χ1n) is 2.70. The van der Waals surface area contributed by atoms with E-state index in [9.17, 15) is 25.1 Å². The lowest BCUT2D eigenvalue weighted by Gasteiger charge is -1.90. The summed E-state index contributed by atoms with van der Waals surface area (Å²) in [5.41, 5.74) is 0.997. The number of hydrogen-bond acceptors (Lipinski definition) is 8. The number of rotatable bonds is 1. The minimum absolute atomic E-state index is 0.997. The Morgan fingerprint density at radius 3 is 2.07 bits per heavy atom. The second-order valence-corrected chi connectivity index (χ2v) is 1.54. The number of guanidine groups is 2. The van der Waals surface area contributed by atoms with E-state index >= 15 is 0 Å². The van der Waals surface area contributed by atoms with Crippen molar-refractivity contribution < 1.29 is 15.1 Å². The van der Waals surface area contributed by atoms with Crippen LogP contribution in [-0.2, 0) is 0 Å². The van der Waals surface area contributed by atoms with Gasteiger partial charge in [-0.05, 0) is 9.85 Å². The van der Waals surface area contributed by atoms with Gasteiger partial charge < -0.3 is 20.2 Å². The van der Waals surface area contributed by atoms with Crippen molar-refractivity contribution in [1.29, 1.82) is 0 Å². The van der Waals surface area contributed by atoms with E-state index in [1.165, 1.54) is 0 Å². The van der Waals surface area contributed by atoms with Crippen molar-refractivity contribution >= 4 is 11.9 Å². The Balaban J connectivity index is 4.88. The zero-order valence-corrected chi connectivity index (χ0v) is 6.22. The molecule has 0 rings (SSSR count). The van der Waals surface area contributed by atoms with Crippen molar-refractivity contribution in [2.24, 2.45) is 15.4 Å². The Morgan fingerprint density at radius 2 is 1.79 bits per heavy atom. The SMILES string of the molecule is O=N/C(=N/N=C(\NO)[N+](=O)[O-])[N+](=O)[O-]. The summed E-state index contributed by atoms with van der Waals surface area (Å²) >= 11 is 0. The van der Waals surface area contributed by atoms with E-state index in [-0.39, 0.29) is 0 Å². The maximum absolute atomic E-state index is 9.91. The van der Waals surface area contributed by atoms with Gasteiger partial charge in [0.1, 0.15) is 10.2 Å². The number of hydroxylamine groups is 1. The van der Waals surface area contributed by atoms with Crippen LogP contribution in [0, 0.1) is 25.1 Å². The van der Waals surface area contributed by atoms with Gasteiger partial charge in [0, 0.05) is 0 Å². The van der Waals surface area contributed by atoms with Crippen molar-refractivity contribution in [2.75, 3.05) is 0 Å². The van der Waals surface area contributed by atoms with Crippen LogP contribution in [0.1, 0.15) is 0 Å². The Bertz CT molecular complexity index is 318. The molecule has 76 valence electrons. The zero-order chi connectivity index (χ0) is 11.1. The fraction of sp³-hybridized carbons (Fsp3) is 0. The van der Waals surface area contributed by atoms with Crippen LogP contribution in [0.3, 0.4) is 0 Å². The average molecular weight is 206 g/mol. The van der Waals surface area contributed by atoms with Gasteiger partial charge >= 0.3 is 11.9 Å². The minimum Gasteiger partial charge on any atom is -0.390 e. The van der Waals surface area contributed by atoms with Crippen LogP contribution < -0.4 is 5.48 Å². The first kappa shape index (κ1) is 11.5. The Morgan fingerprint density at radius 1 is 1.21 bits per heavy atom. The van der Waals surface area contributed by atoms with Gasteiger partial charge in [-0.3, -0.25) is 0 Å². The van der Waals surface area contributed by atoms with Gasteiger partial charge in [0.25, 0.3) is 0 Å². The summed E-state index contributed by atoms with van der Waals surface area (Å²) in [5.74, 6) is -2.76. The molecule has 0 aromatic heterocycles. The third-order valence-corrected chi connectivity index (χ3v) is 0.752. The Kier molecular flexibility index (Phi) is 4.27. The van der Waals surface area contributed by atoms with Crippen LogP contribution in [0.4, 0.5) is 0 Å². The number of nitrogens with one attached hydrogen (secondary N) is 1. The summed E-state index contributed by atoms with van der Waals surface area (Å²) in [6, 6.07) is 0. The molecule has 12 nitrogen and oxygen atoms in total. The molecule has 0 saturated carbocycles. The van der Waals surface area contributed by atoms with E-state index in [0.29, 0.717) is 0 Å². The standard InChI is InChI=1S/C2H2N6O6/c9-5-1(7(11)12)3-4-2(6-10)8(13)14/h9H,(H,3,5)/b4-2-. The number of nitroso groups, excluding NO2 is 1. The lowest BCUT2D eigenvalue weighted by Crippen LogP contribution is -2.27. The second-order valence-electron chi connectivity index (χ2n) is 1.54. The van der Waals surface area contributed by atoms with Crippen molar-refractivity contribution in [3.8, 4) is 0 Å². The summed E-state index contributed by atoms with van der Waals surface area (Å²) in [6.07, 6.45) is 0. The monoisotopic (exact) mass is 206 g/mol. The van der Waals surface area contributed by atoms with Gasteiger partial charge in [0.15, 0.2) is 5.18 Å². The number of hydrogen-bond donors (Lipinski definition) is 2. The molecule has 0 atom stereocenters. The molecule has 0 radical (unpaired) electrons. The minimum atomic E-state index is -1.47. The molecule has 0 bridgehead atoms. The lowest BCUT2D eigenvalue weighted by atomic mass is 11.0. The van der Waals surface area contributed by atoms with Crippen LogP contribution in [0.15, 0.2) is 15.4 Å². The van der Waals surface area contributed by atoms with Crippen LogP contribution in [0.5, 0.6) is 0 Å². The van der Waals surface area contributed by atoms with Gasteiger partial charge in [0.05, 0.1) is 0 Å². The van der Waals surface area contributed by atoms with Crippen LogP contribution in [0.25, 0.3) is 0 Å². The highest BCUT2D eigenvalue weighted by Crippen LogP contribution is 1.85. The highest BCUT2D eigenvalue weighted by Gasteiger charge is 2.18. The highest BCUT2D eigenvalue weighted by atomic mass is 16.6. The predicted octanol–water partition coefficient (Wildman–Crippen LogP) is -1.09. The molecule has 0 fully saturated rings. The van der Waals surface area contributed by atoms with Gasteiger partial charge in [-0.2, -0.15) is 0 Å². The van der Waals surface area contributed by atoms with E-state index in [4.69, 9.17) is 5.21 Å². The van der Waals surface area contributed by atoms with Crippen molar-refractivity contribution in [3.05, 3.63) is 25.1 Å². The maximum Gasteiger partial charge on any atom is 0.547 e. The zero-order valence-electron chi connectivity index (χ0n) is 6.22. The fourth-order valence-electron chi connectivity index (χ4n) is 0.280. The average Bonchev–Trinajstić information content (AvgIpc) is 2.11. The largest absolute Gasteiger partial charge is 0.547 e. The first-order valence-corrected chi connectivity index (χ1v) is 2.70. The molecule has 0 aromatic carbocycles. The lowest BCUT2D eigenvalue weighted by molar-refractivity contribution is -0.361. The van der Waals surface area contributed by atoms with Crippen molar-refractivity contribution in [2.45, 2.75) is 0 Å². The van der Waals surface area contributed by atoms with E-state index in [1.54, 1.807) is 0 Å². The molecule has 0 saturated heterocycles. The summed E-state index contributed by atoms with van der Waals surface area (Å²) in [7, 11) is 0. The van der Waals surface area contributed by atoms with Crippen molar-refractivity contribution in [1.82, 2.24) is 5.48 Å². The molecule has 0 heterocycles. The van der Waals surface area contributed by atoms with E-state index in [0.717, 1.165) is 5.48 Å². The van der Waals surface area contributed by atoms with Crippen LogP contribution in [-0.4, -0.2) is 27.0 Å². The molecule has 0 aliphatic heterocycles. The molecule has 0 spiro atoms. The predicted molar refractivity (Wildman–Crippen MR) is 39.6 cm³/mol. The third-order valence-electron chi connectivity index (χ3n) is 0.752. The van der Waals surface area contributed by atoms with Gasteiger partial charge in [-0.15, -0.1) is 5.48 Å². The topological polar surface area (TPSA) is 173 Å². The van der Waals surface area contributed by atoms with Gasteiger partial charge in [0.2, 0.25) is 0 Å². The summed E-state index contributed by atoms with van der Waals surface area (Å²) in [4.78, 5) is 26.9. The molecule has 0 unspecified atom stereocenters. The van der Waals surface area contributed by atoms with Gasteiger partial charge in [-0.25, -0.2) is 5.21 Å². The van der Waals surface area contributed by atoms with Crippen molar-refractivity contribution in [3.63, 3.8) is 0 Å².